The summed E-state index contributed by atoms with van der Waals surface area (Å²) in [7, 11) is 0. The molecule has 2 rings (SSSR count). The molecule has 1 aromatic carbocycles. The summed E-state index contributed by atoms with van der Waals surface area (Å²) in [5.41, 5.74) is 0.783. The molecule has 17 heavy (non-hydrogen) atoms. The quantitative estimate of drug-likeness (QED) is 0.869. The van der Waals surface area contributed by atoms with Crippen molar-refractivity contribution in [3.05, 3.63) is 34.6 Å². The van der Waals surface area contributed by atoms with Gasteiger partial charge in [0.2, 0.25) is 0 Å². The van der Waals surface area contributed by atoms with Gasteiger partial charge < -0.3 is 10.4 Å². The van der Waals surface area contributed by atoms with E-state index in [9.17, 15) is 9.50 Å². The van der Waals surface area contributed by atoms with Gasteiger partial charge in [0.25, 0.3) is 0 Å². The van der Waals surface area contributed by atoms with E-state index in [1.54, 1.807) is 6.07 Å². The molecule has 0 amide bonds. The molecule has 1 saturated carbocycles. The molecule has 94 valence electrons. The summed E-state index contributed by atoms with van der Waals surface area (Å²) in [5.74, 6) is 0.152. The van der Waals surface area contributed by atoms with Crippen LogP contribution in [0.5, 0.6) is 0 Å². The van der Waals surface area contributed by atoms with Gasteiger partial charge in [-0.3, -0.25) is 0 Å². The fourth-order valence-corrected chi connectivity index (χ4v) is 2.52. The van der Waals surface area contributed by atoms with Crippen LogP contribution in [-0.2, 0) is 6.54 Å². The van der Waals surface area contributed by atoms with Crippen molar-refractivity contribution in [1.82, 2.24) is 5.32 Å². The van der Waals surface area contributed by atoms with E-state index in [0.717, 1.165) is 31.4 Å². The summed E-state index contributed by atoms with van der Waals surface area (Å²) in [6.07, 6.45) is 2.68. The Hall–Kier alpha value is -0.640. The van der Waals surface area contributed by atoms with Crippen LogP contribution in [0, 0.1) is 11.7 Å². The van der Waals surface area contributed by atoms with Crippen molar-refractivity contribution in [3.63, 3.8) is 0 Å². The number of benzene rings is 1. The molecule has 4 heteroatoms. The van der Waals surface area contributed by atoms with Crippen molar-refractivity contribution in [3.8, 4) is 0 Å². The Morgan fingerprint density at radius 2 is 2.24 bits per heavy atom. The molecule has 0 aromatic heterocycles. The fourth-order valence-electron chi connectivity index (χ4n) is 2.33. The van der Waals surface area contributed by atoms with Gasteiger partial charge in [0.1, 0.15) is 5.82 Å². The molecule has 2 N–H and O–H groups in total. The summed E-state index contributed by atoms with van der Waals surface area (Å²) in [6, 6.07) is 4.85. The maximum atomic E-state index is 13.2. The lowest BCUT2D eigenvalue weighted by Gasteiger charge is -2.11. The van der Waals surface area contributed by atoms with E-state index in [1.165, 1.54) is 6.07 Å². The summed E-state index contributed by atoms with van der Waals surface area (Å²) >= 11 is 5.86. The first-order valence-electron chi connectivity index (χ1n) is 5.98. The molecule has 2 unspecified atom stereocenters. The van der Waals surface area contributed by atoms with Crippen molar-refractivity contribution in [1.29, 1.82) is 0 Å². The lowest BCUT2D eigenvalue weighted by atomic mass is 10.1. The molecule has 2 nitrogen and oxygen atoms in total. The van der Waals surface area contributed by atoms with Crippen molar-refractivity contribution >= 4 is 11.6 Å². The lowest BCUT2D eigenvalue weighted by molar-refractivity contribution is 0.177. The second-order valence-corrected chi connectivity index (χ2v) is 5.05. The summed E-state index contributed by atoms with van der Waals surface area (Å²) in [4.78, 5) is 0. The van der Waals surface area contributed by atoms with Crippen LogP contribution in [0.25, 0.3) is 0 Å². The zero-order valence-electron chi connectivity index (χ0n) is 9.63. The average Bonchev–Trinajstić information content (AvgIpc) is 2.70. The Morgan fingerprint density at radius 3 is 2.94 bits per heavy atom. The van der Waals surface area contributed by atoms with Crippen LogP contribution in [-0.4, -0.2) is 17.8 Å². The fraction of sp³-hybridized carbons (Fsp3) is 0.538. The molecule has 0 aliphatic heterocycles. The van der Waals surface area contributed by atoms with E-state index in [1.807, 2.05) is 6.07 Å². The van der Waals surface area contributed by atoms with Crippen LogP contribution in [0.4, 0.5) is 4.39 Å². The minimum absolute atomic E-state index is 0.139. The van der Waals surface area contributed by atoms with Crippen LogP contribution in [0.2, 0.25) is 5.02 Å². The van der Waals surface area contributed by atoms with Gasteiger partial charge in [0, 0.05) is 6.54 Å². The van der Waals surface area contributed by atoms with E-state index in [4.69, 9.17) is 11.6 Å². The van der Waals surface area contributed by atoms with Crippen molar-refractivity contribution in [2.45, 2.75) is 31.9 Å². The predicted molar refractivity (Wildman–Crippen MR) is 66.5 cm³/mol. The second kappa shape index (κ2) is 5.80. The Balaban J connectivity index is 1.80. The molecular weight excluding hydrogens is 241 g/mol. The van der Waals surface area contributed by atoms with Gasteiger partial charge in [-0.1, -0.05) is 23.7 Å². The van der Waals surface area contributed by atoms with E-state index < -0.39 is 0 Å². The molecule has 0 spiro atoms. The van der Waals surface area contributed by atoms with Gasteiger partial charge >= 0.3 is 0 Å². The Kier molecular flexibility index (Phi) is 4.37. The van der Waals surface area contributed by atoms with Crippen LogP contribution in [0.15, 0.2) is 18.2 Å². The first kappa shape index (κ1) is 12.8. The highest BCUT2D eigenvalue weighted by Gasteiger charge is 2.22. The smallest absolute Gasteiger partial charge is 0.142 e. The Bertz CT molecular complexity index is 386. The van der Waals surface area contributed by atoms with Crippen molar-refractivity contribution < 1.29 is 9.50 Å². The number of hydrogen-bond acceptors (Lipinski definition) is 2. The van der Waals surface area contributed by atoms with E-state index >= 15 is 0 Å². The highest BCUT2D eigenvalue weighted by molar-refractivity contribution is 6.31. The van der Waals surface area contributed by atoms with Gasteiger partial charge in [-0.25, -0.2) is 4.39 Å². The topological polar surface area (TPSA) is 32.3 Å². The van der Waals surface area contributed by atoms with E-state index in [2.05, 4.69) is 5.32 Å². The maximum Gasteiger partial charge on any atom is 0.142 e. The standard InChI is InChI=1S/C13H17ClFNO/c14-13-10(2-1-3-12(13)15)8-16-7-9-4-5-11(17)6-9/h1-3,9,11,16-17H,4-8H2. The monoisotopic (exact) mass is 257 g/mol. The highest BCUT2D eigenvalue weighted by atomic mass is 35.5. The van der Waals surface area contributed by atoms with Crippen LogP contribution in [0.3, 0.4) is 0 Å². The summed E-state index contributed by atoms with van der Waals surface area (Å²) in [6.45, 7) is 1.42. The first-order chi connectivity index (χ1) is 8.16. The van der Waals surface area contributed by atoms with E-state index in [-0.39, 0.29) is 16.9 Å². The molecule has 1 aliphatic carbocycles. The normalized spacial score (nSPS) is 24.2. The van der Waals surface area contributed by atoms with Crippen LogP contribution < -0.4 is 5.32 Å². The van der Waals surface area contributed by atoms with Gasteiger partial charge in [-0.05, 0) is 43.4 Å². The Morgan fingerprint density at radius 1 is 1.41 bits per heavy atom. The van der Waals surface area contributed by atoms with Gasteiger partial charge in [0.05, 0.1) is 11.1 Å². The first-order valence-corrected chi connectivity index (χ1v) is 6.36. The third-order valence-corrected chi connectivity index (χ3v) is 3.72. The van der Waals surface area contributed by atoms with Crippen molar-refractivity contribution in [2.75, 3.05) is 6.54 Å². The third kappa shape index (κ3) is 3.41. The van der Waals surface area contributed by atoms with E-state index in [0.29, 0.717) is 12.5 Å². The molecule has 0 saturated heterocycles. The number of halogens is 2. The molecule has 1 fully saturated rings. The largest absolute Gasteiger partial charge is 0.393 e. The molecule has 0 radical (unpaired) electrons. The number of aliphatic hydroxyl groups excluding tert-OH is 1. The maximum absolute atomic E-state index is 13.2. The number of nitrogens with one attached hydrogen (secondary N) is 1. The molecule has 1 aromatic rings. The zero-order valence-corrected chi connectivity index (χ0v) is 10.4. The third-order valence-electron chi connectivity index (χ3n) is 3.29. The average molecular weight is 258 g/mol. The Labute approximate surface area is 106 Å². The van der Waals surface area contributed by atoms with Crippen molar-refractivity contribution in [2.24, 2.45) is 5.92 Å². The predicted octanol–water partition coefficient (Wildman–Crippen LogP) is 2.73. The lowest BCUT2D eigenvalue weighted by Crippen LogP contribution is -2.21. The highest BCUT2D eigenvalue weighted by Crippen LogP contribution is 2.25. The van der Waals surface area contributed by atoms with Gasteiger partial charge in [0.15, 0.2) is 0 Å². The number of hydrogen-bond donors (Lipinski definition) is 2. The summed E-state index contributed by atoms with van der Waals surface area (Å²) in [5, 5.41) is 12.9. The van der Waals surface area contributed by atoms with Gasteiger partial charge in [-0.2, -0.15) is 0 Å². The molecule has 1 aliphatic rings. The minimum atomic E-state index is -0.373. The zero-order chi connectivity index (χ0) is 12.3. The van der Waals surface area contributed by atoms with Gasteiger partial charge in [-0.15, -0.1) is 0 Å². The molecule has 0 heterocycles. The number of aliphatic hydroxyl groups is 1. The second-order valence-electron chi connectivity index (χ2n) is 4.68. The molecule has 2 atom stereocenters. The minimum Gasteiger partial charge on any atom is -0.393 e. The molecular formula is C13H17ClFNO. The SMILES string of the molecule is OC1CCC(CNCc2cccc(F)c2Cl)C1. The van der Waals surface area contributed by atoms with Crippen LogP contribution in [0.1, 0.15) is 24.8 Å². The number of rotatable bonds is 4. The summed E-state index contributed by atoms with van der Waals surface area (Å²) < 4.78 is 13.2. The van der Waals surface area contributed by atoms with Crippen LogP contribution >= 0.6 is 11.6 Å². The molecule has 0 bridgehead atoms.